The van der Waals surface area contributed by atoms with E-state index in [1.807, 2.05) is 54.6 Å². The van der Waals surface area contributed by atoms with Crippen LogP contribution in [0, 0.1) is 0 Å². The van der Waals surface area contributed by atoms with E-state index in [0.29, 0.717) is 12.2 Å². The van der Waals surface area contributed by atoms with Crippen LogP contribution in [0.15, 0.2) is 59.7 Å². The van der Waals surface area contributed by atoms with Gasteiger partial charge in [-0.2, -0.15) is 5.10 Å². The molecule has 0 saturated heterocycles. The summed E-state index contributed by atoms with van der Waals surface area (Å²) in [4.78, 5) is 11.6. The quantitative estimate of drug-likeness (QED) is 0.631. The number of ether oxygens (including phenoxy) is 1. The lowest BCUT2D eigenvalue weighted by molar-refractivity contribution is -0.123. The van der Waals surface area contributed by atoms with Crippen molar-refractivity contribution in [3.8, 4) is 5.75 Å². The molecule has 0 unspecified atom stereocenters. The van der Waals surface area contributed by atoms with Gasteiger partial charge < -0.3 is 4.74 Å². The van der Waals surface area contributed by atoms with Gasteiger partial charge in [-0.05, 0) is 29.7 Å². The molecule has 0 heterocycles. The summed E-state index contributed by atoms with van der Waals surface area (Å²) >= 11 is 0. The van der Waals surface area contributed by atoms with Crippen LogP contribution in [0.4, 0.5) is 0 Å². The molecule has 0 aromatic heterocycles. The molecule has 0 fully saturated rings. The fourth-order valence-electron chi connectivity index (χ4n) is 1.89. The Kier molecular flexibility index (Phi) is 6.18. The molecule has 1 N–H and O–H groups in total. The Morgan fingerprint density at radius 3 is 2.50 bits per heavy atom. The fraction of sp³-hybridized carbons (Fsp3) is 0.222. The number of benzene rings is 2. The Bertz CT molecular complexity index is 607. The van der Waals surface area contributed by atoms with Crippen molar-refractivity contribution in [1.29, 1.82) is 0 Å². The summed E-state index contributed by atoms with van der Waals surface area (Å²) in [6.07, 6.45) is 3.33. The number of nitrogens with zero attached hydrogens (tertiary/aromatic N) is 1. The maximum atomic E-state index is 11.6. The highest BCUT2D eigenvalue weighted by Crippen LogP contribution is 2.12. The van der Waals surface area contributed by atoms with Crippen molar-refractivity contribution in [3.05, 3.63) is 65.7 Å². The van der Waals surface area contributed by atoms with Crippen LogP contribution in [0.25, 0.3) is 0 Å². The lowest BCUT2D eigenvalue weighted by atomic mass is 10.2. The first-order valence-electron chi connectivity index (χ1n) is 7.34. The third kappa shape index (κ3) is 5.40. The van der Waals surface area contributed by atoms with Crippen LogP contribution in [-0.4, -0.2) is 18.7 Å². The Labute approximate surface area is 130 Å². The number of carbonyl (C=O) groups excluding carboxylic acids is 1. The number of carbonyl (C=O) groups is 1. The number of aryl methyl sites for hydroxylation is 1. The van der Waals surface area contributed by atoms with Gasteiger partial charge in [0.1, 0.15) is 5.75 Å². The summed E-state index contributed by atoms with van der Waals surface area (Å²) in [5.74, 6) is 0.407. The van der Waals surface area contributed by atoms with Crippen molar-refractivity contribution in [2.45, 2.75) is 19.8 Å². The molecule has 22 heavy (non-hydrogen) atoms. The number of hydrogen-bond acceptors (Lipinski definition) is 3. The lowest BCUT2D eigenvalue weighted by Gasteiger charge is -2.05. The van der Waals surface area contributed by atoms with Crippen LogP contribution in [0.2, 0.25) is 0 Å². The molecule has 0 radical (unpaired) electrons. The number of hydrogen-bond donors (Lipinski definition) is 1. The third-order valence-corrected chi connectivity index (χ3v) is 3.15. The summed E-state index contributed by atoms with van der Waals surface area (Å²) < 4.78 is 5.40. The molecule has 4 nitrogen and oxygen atoms in total. The van der Waals surface area contributed by atoms with E-state index in [1.165, 1.54) is 5.56 Å². The first kappa shape index (κ1) is 15.8. The van der Waals surface area contributed by atoms with Gasteiger partial charge in [0, 0.05) is 12.6 Å². The van der Waals surface area contributed by atoms with Crippen LogP contribution in [0.5, 0.6) is 5.75 Å². The van der Waals surface area contributed by atoms with Gasteiger partial charge in [-0.3, -0.25) is 4.79 Å². The largest absolute Gasteiger partial charge is 0.484 e. The van der Waals surface area contributed by atoms with Gasteiger partial charge in [0.05, 0.1) is 0 Å². The molecule has 114 valence electrons. The molecule has 1 amide bonds. The zero-order valence-corrected chi connectivity index (χ0v) is 12.7. The van der Waals surface area contributed by atoms with E-state index in [-0.39, 0.29) is 12.5 Å². The molecule has 0 aliphatic heterocycles. The zero-order valence-electron chi connectivity index (χ0n) is 12.7. The third-order valence-electron chi connectivity index (χ3n) is 3.15. The summed E-state index contributed by atoms with van der Waals surface area (Å²) in [5, 5.41) is 3.90. The topological polar surface area (TPSA) is 50.7 Å². The fourth-order valence-corrected chi connectivity index (χ4v) is 1.89. The minimum atomic E-state index is -0.274. The van der Waals surface area contributed by atoms with Gasteiger partial charge in [-0.15, -0.1) is 0 Å². The number of hydrazone groups is 1. The van der Waals surface area contributed by atoms with E-state index in [0.717, 1.165) is 12.0 Å². The summed E-state index contributed by atoms with van der Waals surface area (Å²) in [7, 11) is 0. The van der Waals surface area contributed by atoms with Gasteiger partial charge in [0.2, 0.25) is 0 Å². The van der Waals surface area contributed by atoms with Crippen molar-refractivity contribution in [2.24, 2.45) is 5.10 Å². The summed E-state index contributed by atoms with van der Waals surface area (Å²) in [6, 6.07) is 17.6. The highest BCUT2D eigenvalue weighted by atomic mass is 16.5. The molecule has 4 heteroatoms. The number of amides is 1. The van der Waals surface area contributed by atoms with Gasteiger partial charge in [-0.25, -0.2) is 5.43 Å². The van der Waals surface area contributed by atoms with Crippen LogP contribution >= 0.6 is 0 Å². The molecule has 2 aromatic carbocycles. The van der Waals surface area contributed by atoms with Gasteiger partial charge >= 0.3 is 0 Å². The molecule has 0 saturated carbocycles. The first-order valence-corrected chi connectivity index (χ1v) is 7.34. The van der Waals surface area contributed by atoms with E-state index >= 15 is 0 Å². The average Bonchev–Trinajstić information content (AvgIpc) is 2.58. The van der Waals surface area contributed by atoms with Gasteiger partial charge in [0.15, 0.2) is 6.61 Å². The van der Waals surface area contributed by atoms with Crippen molar-refractivity contribution in [3.63, 3.8) is 0 Å². The van der Waals surface area contributed by atoms with E-state index in [1.54, 1.807) is 6.21 Å². The van der Waals surface area contributed by atoms with E-state index in [2.05, 4.69) is 17.5 Å². The van der Waals surface area contributed by atoms with Crippen molar-refractivity contribution >= 4 is 12.1 Å². The standard InChI is InChI=1S/C18H20N2O2/c1-2-15-8-10-17(11-9-15)22-14-18(21)20-19-13-12-16-6-4-3-5-7-16/h3-11,13H,2,12,14H2,1H3,(H,20,21)/b19-13+. The molecule has 2 aromatic rings. The normalized spacial score (nSPS) is 10.6. The second kappa shape index (κ2) is 8.62. The first-order chi connectivity index (χ1) is 10.8. The molecule has 0 bridgehead atoms. The molecule has 0 atom stereocenters. The van der Waals surface area contributed by atoms with Crippen LogP contribution in [0.1, 0.15) is 18.1 Å². The maximum Gasteiger partial charge on any atom is 0.277 e. The second-order valence-electron chi connectivity index (χ2n) is 4.82. The summed E-state index contributed by atoms with van der Waals surface area (Å²) in [6.45, 7) is 2.05. The minimum Gasteiger partial charge on any atom is -0.484 e. The van der Waals surface area contributed by atoms with E-state index < -0.39 is 0 Å². The average molecular weight is 296 g/mol. The van der Waals surface area contributed by atoms with E-state index in [9.17, 15) is 4.79 Å². The lowest BCUT2D eigenvalue weighted by Crippen LogP contribution is -2.24. The Balaban J connectivity index is 1.69. The predicted octanol–water partition coefficient (Wildman–Crippen LogP) is 2.97. The SMILES string of the molecule is CCc1ccc(OCC(=O)N/N=C/Cc2ccccc2)cc1. The Hall–Kier alpha value is -2.62. The monoisotopic (exact) mass is 296 g/mol. The van der Waals surface area contributed by atoms with Gasteiger partial charge in [0.25, 0.3) is 5.91 Å². The van der Waals surface area contributed by atoms with Crippen LogP contribution < -0.4 is 10.2 Å². The molecule has 0 spiro atoms. The Morgan fingerprint density at radius 2 is 1.82 bits per heavy atom. The molecular formula is C18H20N2O2. The number of nitrogens with one attached hydrogen (secondary N) is 1. The predicted molar refractivity (Wildman–Crippen MR) is 88.1 cm³/mol. The molecule has 2 rings (SSSR count). The van der Waals surface area contributed by atoms with Gasteiger partial charge in [-0.1, -0.05) is 49.4 Å². The maximum absolute atomic E-state index is 11.6. The Morgan fingerprint density at radius 1 is 1.09 bits per heavy atom. The summed E-state index contributed by atoms with van der Waals surface area (Å²) in [5.41, 5.74) is 4.84. The second-order valence-corrected chi connectivity index (χ2v) is 4.82. The van der Waals surface area contributed by atoms with Crippen LogP contribution in [0.3, 0.4) is 0 Å². The minimum absolute atomic E-state index is 0.0475. The number of rotatable bonds is 7. The molecule has 0 aliphatic carbocycles. The van der Waals surface area contributed by atoms with Crippen molar-refractivity contribution < 1.29 is 9.53 Å². The van der Waals surface area contributed by atoms with Crippen molar-refractivity contribution in [2.75, 3.05) is 6.61 Å². The highest BCUT2D eigenvalue weighted by molar-refractivity contribution is 5.78. The smallest absolute Gasteiger partial charge is 0.277 e. The highest BCUT2D eigenvalue weighted by Gasteiger charge is 2.01. The molecule has 0 aliphatic rings. The van der Waals surface area contributed by atoms with E-state index in [4.69, 9.17) is 4.74 Å². The zero-order chi connectivity index (χ0) is 15.6. The van der Waals surface area contributed by atoms with Crippen molar-refractivity contribution in [1.82, 2.24) is 5.43 Å². The van der Waals surface area contributed by atoms with Crippen LogP contribution in [-0.2, 0) is 17.6 Å². The molecular weight excluding hydrogens is 276 g/mol.